The van der Waals surface area contributed by atoms with Crippen LogP contribution in [0.4, 0.5) is 5.69 Å². The standard InChI is InChI=1S/C14H25N5/c1-4-5-6-7-10-19-12-13(11-17-19)18-14(16-3)8-9-15-2/h8-9,11-12,16,18H,4-7,10H2,1-3H3/b14-8+,15-9?. The van der Waals surface area contributed by atoms with Crippen LogP contribution in [-0.2, 0) is 6.54 Å². The van der Waals surface area contributed by atoms with Crippen molar-refractivity contribution in [3.63, 3.8) is 0 Å². The zero-order chi connectivity index (χ0) is 13.9. The van der Waals surface area contributed by atoms with Crippen molar-refractivity contribution in [2.24, 2.45) is 4.99 Å². The van der Waals surface area contributed by atoms with Gasteiger partial charge in [-0.25, -0.2) is 0 Å². The van der Waals surface area contributed by atoms with Crippen molar-refractivity contribution in [3.8, 4) is 0 Å². The van der Waals surface area contributed by atoms with Gasteiger partial charge in [-0.05, 0) is 12.5 Å². The third-order valence-corrected chi connectivity index (χ3v) is 2.81. The highest BCUT2D eigenvalue weighted by atomic mass is 15.3. The van der Waals surface area contributed by atoms with Crippen LogP contribution >= 0.6 is 0 Å². The molecule has 5 nitrogen and oxygen atoms in total. The molecular formula is C14H25N5. The van der Waals surface area contributed by atoms with Crippen LogP contribution in [0.15, 0.2) is 29.3 Å². The molecule has 1 heterocycles. The molecule has 0 fully saturated rings. The molecule has 0 bridgehead atoms. The molecule has 0 amide bonds. The molecular weight excluding hydrogens is 238 g/mol. The van der Waals surface area contributed by atoms with Crippen LogP contribution in [-0.4, -0.2) is 30.1 Å². The summed E-state index contributed by atoms with van der Waals surface area (Å²) in [6, 6.07) is 0. The van der Waals surface area contributed by atoms with Gasteiger partial charge in [-0.1, -0.05) is 26.2 Å². The molecule has 19 heavy (non-hydrogen) atoms. The lowest BCUT2D eigenvalue weighted by molar-refractivity contribution is 0.541. The third kappa shape index (κ3) is 6.08. The Balaban J connectivity index is 2.45. The van der Waals surface area contributed by atoms with Gasteiger partial charge in [0.1, 0.15) is 5.82 Å². The molecule has 1 rings (SSSR count). The summed E-state index contributed by atoms with van der Waals surface area (Å²) < 4.78 is 1.99. The fourth-order valence-electron chi connectivity index (χ4n) is 1.74. The smallest absolute Gasteiger partial charge is 0.104 e. The number of rotatable bonds is 9. The fourth-order valence-corrected chi connectivity index (χ4v) is 1.74. The lowest BCUT2D eigenvalue weighted by atomic mass is 10.2. The Morgan fingerprint density at radius 1 is 1.42 bits per heavy atom. The van der Waals surface area contributed by atoms with Crippen molar-refractivity contribution in [3.05, 3.63) is 24.3 Å². The highest BCUT2D eigenvalue weighted by molar-refractivity contribution is 5.72. The average molecular weight is 263 g/mol. The van der Waals surface area contributed by atoms with E-state index in [0.29, 0.717) is 0 Å². The summed E-state index contributed by atoms with van der Waals surface area (Å²) in [6.45, 7) is 3.21. The van der Waals surface area contributed by atoms with Crippen molar-refractivity contribution < 1.29 is 0 Å². The van der Waals surface area contributed by atoms with Gasteiger partial charge in [0.25, 0.3) is 0 Å². The summed E-state index contributed by atoms with van der Waals surface area (Å²) in [6.07, 6.45) is 12.5. The number of hydrogen-bond acceptors (Lipinski definition) is 4. The SMILES string of the molecule is CCCCCCn1cc(N/C(=C/C=NC)NC)cn1. The number of hydrogen-bond donors (Lipinski definition) is 2. The Kier molecular flexibility index (Phi) is 7.39. The number of allylic oxidation sites excluding steroid dienone is 1. The number of unbranched alkanes of at least 4 members (excludes halogenated alkanes) is 3. The minimum Gasteiger partial charge on any atom is -0.375 e. The van der Waals surface area contributed by atoms with E-state index in [9.17, 15) is 0 Å². The number of nitrogens with zero attached hydrogens (tertiary/aromatic N) is 3. The van der Waals surface area contributed by atoms with Gasteiger partial charge in [0.2, 0.25) is 0 Å². The molecule has 2 N–H and O–H groups in total. The Morgan fingerprint density at radius 3 is 2.95 bits per heavy atom. The van der Waals surface area contributed by atoms with Crippen LogP contribution in [0.3, 0.4) is 0 Å². The molecule has 0 saturated heterocycles. The van der Waals surface area contributed by atoms with E-state index in [0.717, 1.165) is 18.1 Å². The topological polar surface area (TPSA) is 54.2 Å². The van der Waals surface area contributed by atoms with Gasteiger partial charge in [-0.2, -0.15) is 5.10 Å². The highest BCUT2D eigenvalue weighted by Gasteiger charge is 1.99. The van der Waals surface area contributed by atoms with E-state index >= 15 is 0 Å². The summed E-state index contributed by atoms with van der Waals surface area (Å²) >= 11 is 0. The summed E-state index contributed by atoms with van der Waals surface area (Å²) in [4.78, 5) is 3.93. The maximum atomic E-state index is 4.35. The van der Waals surface area contributed by atoms with Crippen LogP contribution in [0.2, 0.25) is 0 Å². The first kappa shape index (κ1) is 15.3. The second-order valence-electron chi connectivity index (χ2n) is 4.42. The predicted molar refractivity (Wildman–Crippen MR) is 81.6 cm³/mol. The second kappa shape index (κ2) is 9.19. The quantitative estimate of drug-likeness (QED) is 0.532. The Morgan fingerprint density at radius 2 is 2.26 bits per heavy atom. The number of aromatic nitrogens is 2. The van der Waals surface area contributed by atoms with Crippen molar-refractivity contribution in [1.82, 2.24) is 15.1 Å². The summed E-state index contributed by atoms with van der Waals surface area (Å²) in [5.74, 6) is 0.899. The molecule has 106 valence electrons. The van der Waals surface area contributed by atoms with Gasteiger partial charge in [0.15, 0.2) is 0 Å². The summed E-state index contributed by atoms with van der Waals surface area (Å²) in [7, 11) is 3.62. The van der Waals surface area contributed by atoms with E-state index in [-0.39, 0.29) is 0 Å². The minimum atomic E-state index is 0.899. The largest absolute Gasteiger partial charge is 0.375 e. The van der Waals surface area contributed by atoms with E-state index in [4.69, 9.17) is 0 Å². The van der Waals surface area contributed by atoms with Crippen LogP contribution in [0.1, 0.15) is 32.6 Å². The summed E-state index contributed by atoms with van der Waals surface area (Å²) in [5.41, 5.74) is 0.987. The molecule has 0 atom stereocenters. The molecule has 0 aliphatic carbocycles. The molecule has 0 spiro atoms. The molecule has 1 aromatic rings. The van der Waals surface area contributed by atoms with Crippen LogP contribution in [0, 0.1) is 0 Å². The zero-order valence-corrected chi connectivity index (χ0v) is 12.2. The number of aliphatic imine (C=N–C) groups is 1. The highest BCUT2D eigenvalue weighted by Crippen LogP contribution is 2.08. The number of aryl methyl sites for hydroxylation is 1. The maximum Gasteiger partial charge on any atom is 0.104 e. The normalized spacial score (nSPS) is 12.1. The summed E-state index contributed by atoms with van der Waals surface area (Å²) in [5, 5.41) is 10.7. The molecule has 0 aliphatic rings. The zero-order valence-electron chi connectivity index (χ0n) is 12.2. The lowest BCUT2D eigenvalue weighted by Gasteiger charge is -2.06. The van der Waals surface area contributed by atoms with Gasteiger partial charge in [0.05, 0.1) is 11.9 Å². The molecule has 0 saturated carbocycles. The molecule has 0 aliphatic heterocycles. The Labute approximate surface area is 115 Å². The fraction of sp³-hybridized carbons (Fsp3) is 0.571. The molecule has 5 heteroatoms. The first-order chi connectivity index (χ1) is 9.30. The molecule has 0 unspecified atom stereocenters. The maximum absolute atomic E-state index is 4.35. The predicted octanol–water partition coefficient (Wildman–Crippen LogP) is 2.64. The monoisotopic (exact) mass is 263 g/mol. The second-order valence-corrected chi connectivity index (χ2v) is 4.42. The first-order valence-electron chi connectivity index (χ1n) is 6.89. The van der Waals surface area contributed by atoms with Gasteiger partial charge in [0, 0.05) is 33.1 Å². The minimum absolute atomic E-state index is 0.899. The Hall–Kier alpha value is -1.78. The molecule has 0 aromatic carbocycles. The first-order valence-corrected chi connectivity index (χ1v) is 6.89. The van der Waals surface area contributed by atoms with E-state index in [1.54, 1.807) is 13.3 Å². The Bertz CT molecular complexity index is 406. The van der Waals surface area contributed by atoms with E-state index in [2.05, 4.69) is 27.6 Å². The average Bonchev–Trinajstić information content (AvgIpc) is 2.87. The van der Waals surface area contributed by atoms with E-state index in [1.807, 2.05) is 30.2 Å². The van der Waals surface area contributed by atoms with Crippen molar-refractivity contribution >= 4 is 11.9 Å². The van der Waals surface area contributed by atoms with Crippen molar-refractivity contribution in [1.29, 1.82) is 0 Å². The van der Waals surface area contributed by atoms with Crippen LogP contribution < -0.4 is 10.6 Å². The van der Waals surface area contributed by atoms with E-state index < -0.39 is 0 Å². The van der Waals surface area contributed by atoms with Gasteiger partial charge >= 0.3 is 0 Å². The van der Waals surface area contributed by atoms with Crippen molar-refractivity contribution in [2.75, 3.05) is 19.4 Å². The van der Waals surface area contributed by atoms with E-state index in [1.165, 1.54) is 25.7 Å². The van der Waals surface area contributed by atoms with Gasteiger partial charge in [-0.15, -0.1) is 0 Å². The number of nitrogens with one attached hydrogen (secondary N) is 2. The third-order valence-electron chi connectivity index (χ3n) is 2.81. The van der Waals surface area contributed by atoms with Crippen molar-refractivity contribution in [2.45, 2.75) is 39.2 Å². The van der Waals surface area contributed by atoms with Gasteiger partial charge in [-0.3, -0.25) is 9.67 Å². The number of anilines is 1. The molecule has 1 aromatic heterocycles. The van der Waals surface area contributed by atoms with Gasteiger partial charge < -0.3 is 10.6 Å². The van der Waals surface area contributed by atoms with Crippen LogP contribution in [0.5, 0.6) is 0 Å². The lowest BCUT2D eigenvalue weighted by Crippen LogP contribution is -2.14. The van der Waals surface area contributed by atoms with Crippen LogP contribution in [0.25, 0.3) is 0 Å². The molecule has 0 radical (unpaired) electrons.